The SMILES string of the molecule is [CH2-][C@@H](C)CC.[CH2-][C@@H](C)CC.[Cd+2]. The summed E-state index contributed by atoms with van der Waals surface area (Å²) in [4.78, 5) is 0. The van der Waals surface area contributed by atoms with Crippen molar-refractivity contribution in [2.75, 3.05) is 0 Å². The Morgan fingerprint density at radius 2 is 1.00 bits per heavy atom. The van der Waals surface area contributed by atoms with Crippen LogP contribution in [-0.4, -0.2) is 0 Å². The van der Waals surface area contributed by atoms with Crippen LogP contribution in [0.25, 0.3) is 0 Å². The van der Waals surface area contributed by atoms with E-state index in [2.05, 4.69) is 41.5 Å². The van der Waals surface area contributed by atoms with Crippen LogP contribution in [0.15, 0.2) is 0 Å². The molecule has 0 aromatic carbocycles. The molecule has 0 aliphatic rings. The minimum absolute atomic E-state index is 0. The Bertz CT molecular complexity index is 40.8. The third-order valence-electron chi connectivity index (χ3n) is 1.39. The van der Waals surface area contributed by atoms with Crippen LogP contribution in [0.5, 0.6) is 0 Å². The molecular weight excluding hydrogens is 233 g/mol. The van der Waals surface area contributed by atoms with Crippen LogP contribution in [0.2, 0.25) is 0 Å². The summed E-state index contributed by atoms with van der Waals surface area (Å²) in [5.74, 6) is 1.27. The van der Waals surface area contributed by atoms with Crippen molar-refractivity contribution in [1.29, 1.82) is 0 Å². The molecule has 0 radical (unpaired) electrons. The fraction of sp³-hybridized carbons (Fsp3) is 0.800. The number of hydrogen-bond acceptors (Lipinski definition) is 0. The van der Waals surface area contributed by atoms with Crippen molar-refractivity contribution < 1.29 is 27.3 Å². The van der Waals surface area contributed by atoms with Crippen LogP contribution < -0.4 is 0 Å². The first-order chi connectivity index (χ1) is 4.54. The van der Waals surface area contributed by atoms with Crippen LogP contribution in [0, 0.1) is 25.7 Å². The standard InChI is InChI=1S/2C5H11.Cd/c2*1-4-5(2)3;/h2*5H,2,4H2,1,3H3;/q2*-1;+2/t2*5-;/m00./s1. The van der Waals surface area contributed by atoms with Gasteiger partial charge < -0.3 is 13.8 Å². The molecule has 1 heteroatoms. The van der Waals surface area contributed by atoms with Gasteiger partial charge in [0.2, 0.25) is 0 Å². The molecule has 0 amide bonds. The molecule has 0 N–H and O–H groups in total. The van der Waals surface area contributed by atoms with Gasteiger partial charge in [-0.15, -0.1) is 0 Å². The van der Waals surface area contributed by atoms with Crippen molar-refractivity contribution in [1.82, 2.24) is 0 Å². The Hall–Kier alpha value is 0.922. The van der Waals surface area contributed by atoms with Crippen molar-refractivity contribution >= 4 is 0 Å². The Kier molecular flexibility index (Phi) is 21.9. The minimum atomic E-state index is 0. The summed E-state index contributed by atoms with van der Waals surface area (Å²) in [6.45, 7) is 16.0. The topological polar surface area (TPSA) is 0 Å². The van der Waals surface area contributed by atoms with E-state index in [-0.39, 0.29) is 27.3 Å². The molecule has 0 saturated heterocycles. The van der Waals surface area contributed by atoms with E-state index >= 15 is 0 Å². The van der Waals surface area contributed by atoms with Crippen LogP contribution in [0.4, 0.5) is 0 Å². The Morgan fingerprint density at radius 3 is 1.00 bits per heavy atom. The average molecular weight is 255 g/mol. The molecule has 0 rings (SSSR count). The second-order valence-corrected chi connectivity index (χ2v) is 3.03. The molecule has 0 heterocycles. The second kappa shape index (κ2) is 13.5. The molecule has 0 aromatic rings. The fourth-order valence-corrected chi connectivity index (χ4v) is 0. The Morgan fingerprint density at radius 1 is 0.909 bits per heavy atom. The zero-order valence-electron chi connectivity index (χ0n) is 8.69. The van der Waals surface area contributed by atoms with Gasteiger partial charge >= 0.3 is 27.3 Å². The smallest absolute Gasteiger partial charge is 0.341 e. The third-order valence-corrected chi connectivity index (χ3v) is 1.39. The third kappa shape index (κ3) is 35.9. The quantitative estimate of drug-likeness (QED) is 0.520. The van der Waals surface area contributed by atoms with Gasteiger partial charge in [0.05, 0.1) is 0 Å². The van der Waals surface area contributed by atoms with E-state index in [9.17, 15) is 0 Å². The molecule has 0 saturated carbocycles. The molecule has 0 aromatic heterocycles. The molecule has 0 aliphatic heterocycles. The van der Waals surface area contributed by atoms with E-state index < -0.39 is 0 Å². The van der Waals surface area contributed by atoms with Crippen molar-refractivity contribution in [3.8, 4) is 0 Å². The van der Waals surface area contributed by atoms with Crippen molar-refractivity contribution in [3.05, 3.63) is 13.8 Å². The van der Waals surface area contributed by atoms with E-state index in [1.54, 1.807) is 0 Å². The Balaban J connectivity index is -0.000000107. The maximum absolute atomic E-state index is 3.76. The fourth-order valence-electron chi connectivity index (χ4n) is 0. The summed E-state index contributed by atoms with van der Waals surface area (Å²) in [6.07, 6.45) is 2.39. The van der Waals surface area contributed by atoms with E-state index in [4.69, 9.17) is 0 Å². The molecule has 0 fully saturated rings. The molecule has 0 aliphatic carbocycles. The summed E-state index contributed by atoms with van der Waals surface area (Å²) >= 11 is 0. The van der Waals surface area contributed by atoms with Gasteiger partial charge in [-0.25, -0.2) is 0 Å². The van der Waals surface area contributed by atoms with Gasteiger partial charge in [-0.05, 0) is 0 Å². The molecule has 2 atom stereocenters. The van der Waals surface area contributed by atoms with Crippen molar-refractivity contribution in [2.24, 2.45) is 11.8 Å². The van der Waals surface area contributed by atoms with E-state index in [1.807, 2.05) is 0 Å². The maximum atomic E-state index is 3.76. The summed E-state index contributed by atoms with van der Waals surface area (Å²) < 4.78 is 0. The predicted octanol–water partition coefficient (Wildman–Crippen LogP) is 3.73. The molecule has 64 valence electrons. The summed E-state index contributed by atoms with van der Waals surface area (Å²) in [6, 6.07) is 0. The zero-order chi connectivity index (χ0) is 8.57. The van der Waals surface area contributed by atoms with Crippen LogP contribution in [0.3, 0.4) is 0 Å². The summed E-state index contributed by atoms with van der Waals surface area (Å²) in [7, 11) is 0. The van der Waals surface area contributed by atoms with Gasteiger partial charge in [-0.1, -0.05) is 40.5 Å². The van der Waals surface area contributed by atoms with Gasteiger partial charge in [-0.3, -0.25) is 0 Å². The molecular formula is C10H22Cd. The van der Waals surface area contributed by atoms with E-state index in [1.165, 1.54) is 12.8 Å². The van der Waals surface area contributed by atoms with Gasteiger partial charge in [0.1, 0.15) is 0 Å². The first kappa shape index (κ1) is 17.9. The monoisotopic (exact) mass is 256 g/mol. The second-order valence-electron chi connectivity index (χ2n) is 3.03. The van der Waals surface area contributed by atoms with Gasteiger partial charge in [0, 0.05) is 0 Å². The van der Waals surface area contributed by atoms with Crippen LogP contribution in [-0.2, 0) is 27.3 Å². The number of hydrogen-bond donors (Lipinski definition) is 0. The molecule has 0 bridgehead atoms. The largest absolute Gasteiger partial charge is 2.00 e. The summed E-state index contributed by atoms with van der Waals surface area (Å²) in [5.41, 5.74) is 0. The average Bonchev–Trinajstić information content (AvgIpc) is 1.89. The first-order valence-corrected chi connectivity index (χ1v) is 4.20. The van der Waals surface area contributed by atoms with Crippen LogP contribution in [0.1, 0.15) is 40.5 Å². The molecule has 0 nitrogen and oxygen atoms in total. The predicted molar refractivity (Wildman–Crippen MR) is 49.6 cm³/mol. The van der Waals surface area contributed by atoms with Gasteiger partial charge in [0.25, 0.3) is 0 Å². The zero-order valence-corrected chi connectivity index (χ0v) is 12.7. The van der Waals surface area contributed by atoms with Crippen molar-refractivity contribution in [3.63, 3.8) is 0 Å². The normalized spacial score (nSPS) is 13.6. The van der Waals surface area contributed by atoms with Gasteiger partial charge in [-0.2, -0.15) is 11.8 Å². The molecule has 0 spiro atoms. The van der Waals surface area contributed by atoms with Gasteiger partial charge in [0.15, 0.2) is 0 Å². The van der Waals surface area contributed by atoms with Crippen molar-refractivity contribution in [2.45, 2.75) is 40.5 Å². The van der Waals surface area contributed by atoms with Crippen LogP contribution >= 0.6 is 0 Å². The van der Waals surface area contributed by atoms with E-state index in [0.717, 1.165) is 0 Å². The summed E-state index contributed by atoms with van der Waals surface area (Å²) in [5, 5.41) is 0. The maximum Gasteiger partial charge on any atom is 2.00 e. The first-order valence-electron chi connectivity index (χ1n) is 4.20. The Labute approximate surface area is 93.3 Å². The minimum Gasteiger partial charge on any atom is -0.341 e. The number of rotatable bonds is 2. The molecule has 0 unspecified atom stereocenters. The van der Waals surface area contributed by atoms with E-state index in [0.29, 0.717) is 11.8 Å². The molecule has 11 heavy (non-hydrogen) atoms.